The highest BCUT2D eigenvalue weighted by molar-refractivity contribution is 5.92. The number of rotatable bonds is 5. The number of nitrogens with two attached hydrogens (primary N) is 1. The van der Waals surface area contributed by atoms with Gasteiger partial charge in [0.05, 0.1) is 18.8 Å². The van der Waals surface area contributed by atoms with Gasteiger partial charge in [0.2, 0.25) is 0 Å². The zero-order chi connectivity index (χ0) is 10.4. The summed E-state index contributed by atoms with van der Waals surface area (Å²) in [5, 5.41) is 12.2. The smallest absolute Gasteiger partial charge is 0.273 e. The number of nitrogens with zero attached hydrogens (tertiary/aromatic N) is 2. The van der Waals surface area contributed by atoms with E-state index in [2.05, 4.69) is 20.7 Å². The van der Waals surface area contributed by atoms with E-state index in [-0.39, 0.29) is 17.6 Å². The number of hydrogen-bond acceptors (Lipinski definition) is 5. The Kier molecular flexibility index (Phi) is 4.02. The molecule has 0 aliphatic heterocycles. The van der Waals surface area contributed by atoms with Crippen molar-refractivity contribution in [1.82, 2.24) is 20.7 Å². The van der Waals surface area contributed by atoms with Gasteiger partial charge in [-0.1, -0.05) is 0 Å². The zero-order valence-corrected chi connectivity index (χ0v) is 7.86. The van der Waals surface area contributed by atoms with Gasteiger partial charge in [-0.2, -0.15) is 15.4 Å². The Morgan fingerprint density at radius 3 is 3.14 bits per heavy atom. The minimum Gasteiger partial charge on any atom is -0.383 e. The number of ether oxygens (including phenoxy) is 1. The van der Waals surface area contributed by atoms with E-state index < -0.39 is 0 Å². The van der Waals surface area contributed by atoms with Crippen LogP contribution in [0.25, 0.3) is 0 Å². The Bertz CT molecular complexity index is 274. The molecule has 1 rings (SSSR count). The van der Waals surface area contributed by atoms with Crippen LogP contribution in [0.4, 0.5) is 0 Å². The topological polar surface area (TPSA) is 106 Å². The van der Waals surface area contributed by atoms with E-state index >= 15 is 0 Å². The Morgan fingerprint density at radius 1 is 1.86 bits per heavy atom. The van der Waals surface area contributed by atoms with Crippen LogP contribution >= 0.6 is 0 Å². The summed E-state index contributed by atoms with van der Waals surface area (Å²) >= 11 is 0. The molecule has 7 nitrogen and oxygen atoms in total. The maximum Gasteiger partial charge on any atom is 0.273 e. The van der Waals surface area contributed by atoms with Gasteiger partial charge in [-0.05, 0) is 0 Å². The van der Waals surface area contributed by atoms with Gasteiger partial charge in [-0.3, -0.25) is 4.79 Å². The highest BCUT2D eigenvalue weighted by Crippen LogP contribution is 1.90. The molecule has 7 heteroatoms. The average Bonchev–Trinajstić information content (AvgIpc) is 2.69. The van der Waals surface area contributed by atoms with Crippen molar-refractivity contribution in [3.63, 3.8) is 0 Å². The molecular formula is C7H13N5O2. The van der Waals surface area contributed by atoms with Crippen molar-refractivity contribution in [3.8, 4) is 0 Å². The summed E-state index contributed by atoms with van der Waals surface area (Å²) in [5.41, 5.74) is 5.66. The van der Waals surface area contributed by atoms with Gasteiger partial charge in [0.1, 0.15) is 0 Å². The van der Waals surface area contributed by atoms with Crippen LogP contribution in [-0.4, -0.2) is 47.6 Å². The first-order valence-corrected chi connectivity index (χ1v) is 4.13. The van der Waals surface area contributed by atoms with Gasteiger partial charge in [-0.25, -0.2) is 0 Å². The second-order valence-electron chi connectivity index (χ2n) is 2.72. The molecule has 0 bridgehead atoms. The normalized spacial score (nSPS) is 12.4. The van der Waals surface area contributed by atoms with Gasteiger partial charge in [0.15, 0.2) is 5.69 Å². The Morgan fingerprint density at radius 2 is 2.64 bits per heavy atom. The molecule has 78 valence electrons. The summed E-state index contributed by atoms with van der Waals surface area (Å²) < 4.78 is 4.87. The van der Waals surface area contributed by atoms with Gasteiger partial charge < -0.3 is 15.8 Å². The van der Waals surface area contributed by atoms with Crippen molar-refractivity contribution in [2.24, 2.45) is 5.73 Å². The average molecular weight is 199 g/mol. The van der Waals surface area contributed by atoms with Gasteiger partial charge >= 0.3 is 0 Å². The number of methoxy groups -OCH3 is 1. The predicted octanol–water partition coefficient (Wildman–Crippen LogP) is -1.49. The van der Waals surface area contributed by atoms with E-state index in [1.165, 1.54) is 6.20 Å². The molecule has 0 aliphatic carbocycles. The summed E-state index contributed by atoms with van der Waals surface area (Å²) in [7, 11) is 1.55. The second-order valence-corrected chi connectivity index (χ2v) is 2.72. The quantitative estimate of drug-likeness (QED) is 0.535. The van der Waals surface area contributed by atoms with E-state index in [0.29, 0.717) is 13.2 Å². The summed E-state index contributed by atoms with van der Waals surface area (Å²) in [4.78, 5) is 11.4. The SMILES string of the molecule is COCC(CN)NC(=O)c1cn[nH]n1. The summed E-state index contributed by atoms with van der Waals surface area (Å²) in [6.45, 7) is 0.692. The number of aromatic amines is 1. The third-order valence-corrected chi connectivity index (χ3v) is 1.64. The molecule has 0 spiro atoms. The minimum atomic E-state index is -0.314. The number of aromatic nitrogens is 3. The number of nitrogens with one attached hydrogen (secondary N) is 2. The molecule has 0 aliphatic rings. The van der Waals surface area contributed by atoms with Crippen molar-refractivity contribution in [2.45, 2.75) is 6.04 Å². The van der Waals surface area contributed by atoms with Crippen molar-refractivity contribution in [3.05, 3.63) is 11.9 Å². The summed E-state index contributed by atoms with van der Waals surface area (Å²) in [5.74, 6) is -0.314. The van der Waals surface area contributed by atoms with E-state index in [1.807, 2.05) is 0 Å². The molecule has 1 heterocycles. The molecule has 0 fully saturated rings. The maximum atomic E-state index is 11.4. The highest BCUT2D eigenvalue weighted by atomic mass is 16.5. The third kappa shape index (κ3) is 2.79. The van der Waals surface area contributed by atoms with Crippen LogP contribution in [0.1, 0.15) is 10.5 Å². The molecule has 4 N–H and O–H groups in total. The van der Waals surface area contributed by atoms with E-state index in [0.717, 1.165) is 0 Å². The lowest BCUT2D eigenvalue weighted by Crippen LogP contribution is -2.43. The fraction of sp³-hybridized carbons (Fsp3) is 0.571. The van der Waals surface area contributed by atoms with Gasteiger partial charge in [0, 0.05) is 13.7 Å². The third-order valence-electron chi connectivity index (χ3n) is 1.64. The fourth-order valence-corrected chi connectivity index (χ4v) is 0.940. The monoisotopic (exact) mass is 199 g/mol. The molecule has 0 saturated carbocycles. The van der Waals surface area contributed by atoms with E-state index in [4.69, 9.17) is 10.5 Å². The lowest BCUT2D eigenvalue weighted by molar-refractivity contribution is 0.0895. The molecule has 0 radical (unpaired) electrons. The highest BCUT2D eigenvalue weighted by Gasteiger charge is 2.13. The Labute approximate surface area is 81.0 Å². The van der Waals surface area contributed by atoms with Gasteiger partial charge in [-0.15, -0.1) is 0 Å². The first-order valence-electron chi connectivity index (χ1n) is 4.13. The molecule has 14 heavy (non-hydrogen) atoms. The Hall–Kier alpha value is -1.47. The lowest BCUT2D eigenvalue weighted by atomic mass is 10.3. The van der Waals surface area contributed by atoms with Crippen molar-refractivity contribution < 1.29 is 9.53 Å². The van der Waals surface area contributed by atoms with Crippen molar-refractivity contribution >= 4 is 5.91 Å². The van der Waals surface area contributed by atoms with Crippen molar-refractivity contribution in [2.75, 3.05) is 20.3 Å². The second kappa shape index (κ2) is 5.30. The largest absolute Gasteiger partial charge is 0.383 e. The van der Waals surface area contributed by atoms with E-state index in [1.54, 1.807) is 7.11 Å². The number of amides is 1. The molecule has 1 aromatic rings. The number of carbonyl (C=O) groups is 1. The zero-order valence-electron chi connectivity index (χ0n) is 7.86. The molecule has 0 saturated heterocycles. The van der Waals surface area contributed by atoms with Gasteiger partial charge in [0.25, 0.3) is 5.91 Å². The number of hydrogen-bond donors (Lipinski definition) is 3. The van der Waals surface area contributed by atoms with Crippen LogP contribution in [0.15, 0.2) is 6.20 Å². The summed E-state index contributed by atoms with van der Waals surface area (Å²) in [6, 6.07) is -0.204. The first-order chi connectivity index (χ1) is 6.77. The molecule has 1 unspecified atom stereocenters. The molecular weight excluding hydrogens is 186 g/mol. The number of H-pyrrole nitrogens is 1. The summed E-state index contributed by atoms with van der Waals surface area (Å²) in [6.07, 6.45) is 1.34. The molecule has 1 amide bonds. The maximum absolute atomic E-state index is 11.4. The Balaban J connectivity index is 2.47. The van der Waals surface area contributed by atoms with Crippen LogP contribution in [0.3, 0.4) is 0 Å². The van der Waals surface area contributed by atoms with E-state index in [9.17, 15) is 4.79 Å². The van der Waals surface area contributed by atoms with Crippen LogP contribution in [-0.2, 0) is 4.74 Å². The lowest BCUT2D eigenvalue weighted by Gasteiger charge is -2.14. The number of carbonyl (C=O) groups excluding carboxylic acids is 1. The van der Waals surface area contributed by atoms with Crippen LogP contribution in [0, 0.1) is 0 Å². The molecule has 0 aromatic carbocycles. The first kappa shape index (κ1) is 10.6. The van der Waals surface area contributed by atoms with Crippen LogP contribution in [0.2, 0.25) is 0 Å². The molecule has 1 aromatic heterocycles. The fourth-order valence-electron chi connectivity index (χ4n) is 0.940. The standard InChI is InChI=1S/C7H13N5O2/c1-14-4-5(2-8)10-7(13)6-3-9-12-11-6/h3,5H,2,4,8H2,1H3,(H,10,13)(H,9,11,12). The van der Waals surface area contributed by atoms with Crippen molar-refractivity contribution in [1.29, 1.82) is 0 Å². The predicted molar refractivity (Wildman–Crippen MR) is 48.6 cm³/mol. The van der Waals surface area contributed by atoms with Crippen LogP contribution < -0.4 is 11.1 Å². The van der Waals surface area contributed by atoms with Crippen LogP contribution in [0.5, 0.6) is 0 Å². The minimum absolute atomic E-state index is 0.204. The molecule has 1 atom stereocenters.